The van der Waals surface area contributed by atoms with E-state index in [1.54, 1.807) is 24.1 Å². The van der Waals surface area contributed by atoms with Crippen molar-refractivity contribution >= 4 is 17.2 Å². The maximum absolute atomic E-state index is 13.0. The zero-order valence-corrected chi connectivity index (χ0v) is 14.7. The summed E-state index contributed by atoms with van der Waals surface area (Å²) in [5.41, 5.74) is 7.10. The van der Waals surface area contributed by atoms with Crippen LogP contribution in [0.5, 0.6) is 0 Å². The molecule has 1 aromatic carbocycles. The molecule has 0 aliphatic rings. The first-order chi connectivity index (χ1) is 10.7. The Hall–Kier alpha value is -1.79. The number of nitrogens with two attached hydrogens (primary N) is 1. The van der Waals surface area contributed by atoms with E-state index in [1.807, 2.05) is 20.8 Å². The van der Waals surface area contributed by atoms with Crippen molar-refractivity contribution in [2.75, 3.05) is 20.1 Å². The van der Waals surface area contributed by atoms with Gasteiger partial charge in [-0.15, -0.1) is 11.3 Å². The largest absolute Gasteiger partial charge is 0.340 e. The summed E-state index contributed by atoms with van der Waals surface area (Å²) in [5.74, 6) is -0.350. The molecule has 0 atom stereocenters. The highest BCUT2D eigenvalue weighted by atomic mass is 32.1. The van der Waals surface area contributed by atoms with Crippen LogP contribution in [-0.2, 0) is 0 Å². The first-order valence-electron chi connectivity index (χ1n) is 7.42. The Balaban J connectivity index is 2.23. The minimum Gasteiger partial charge on any atom is -0.340 e. The molecule has 0 spiro atoms. The molecular weight excluding hydrogens is 313 g/mol. The first kappa shape index (κ1) is 17.6. The summed E-state index contributed by atoms with van der Waals surface area (Å²) >= 11 is 1.33. The Morgan fingerprint density at radius 3 is 2.52 bits per heavy atom. The summed E-state index contributed by atoms with van der Waals surface area (Å²) < 4.78 is 13.0. The maximum atomic E-state index is 13.0. The van der Waals surface area contributed by atoms with Crippen molar-refractivity contribution in [1.82, 2.24) is 9.88 Å². The number of hydrogen-bond donors (Lipinski definition) is 1. The van der Waals surface area contributed by atoms with Gasteiger partial charge in [-0.05, 0) is 43.1 Å². The van der Waals surface area contributed by atoms with Gasteiger partial charge in [0, 0.05) is 19.2 Å². The molecule has 23 heavy (non-hydrogen) atoms. The third-order valence-corrected chi connectivity index (χ3v) is 4.84. The van der Waals surface area contributed by atoms with Crippen LogP contribution in [0.2, 0.25) is 0 Å². The molecule has 0 fully saturated rings. The van der Waals surface area contributed by atoms with Gasteiger partial charge < -0.3 is 10.6 Å². The van der Waals surface area contributed by atoms with E-state index in [4.69, 9.17) is 5.73 Å². The highest BCUT2D eigenvalue weighted by Gasteiger charge is 2.25. The second-order valence-corrected chi connectivity index (χ2v) is 7.47. The zero-order chi connectivity index (χ0) is 17.2. The zero-order valence-electron chi connectivity index (χ0n) is 13.9. The Morgan fingerprint density at radius 2 is 1.96 bits per heavy atom. The number of benzene rings is 1. The topological polar surface area (TPSA) is 59.2 Å². The van der Waals surface area contributed by atoms with Crippen molar-refractivity contribution < 1.29 is 9.18 Å². The number of halogens is 1. The Bertz CT molecular complexity index is 694. The number of aromatic nitrogens is 1. The van der Waals surface area contributed by atoms with Gasteiger partial charge in [-0.2, -0.15) is 0 Å². The molecule has 2 rings (SSSR count). The molecule has 4 nitrogen and oxygen atoms in total. The Kier molecular flexibility index (Phi) is 5.16. The van der Waals surface area contributed by atoms with E-state index in [1.165, 1.54) is 23.5 Å². The molecule has 124 valence electrons. The molecule has 0 saturated heterocycles. The Labute approximate surface area is 140 Å². The first-order valence-corrected chi connectivity index (χ1v) is 8.24. The molecule has 0 radical (unpaired) electrons. The van der Waals surface area contributed by atoms with Crippen LogP contribution in [0.15, 0.2) is 24.3 Å². The summed E-state index contributed by atoms with van der Waals surface area (Å²) in [7, 11) is 1.77. The SMILES string of the molecule is Cc1nc(-c2ccc(F)cc2)sc1C(=O)N(C)CC(C)(C)CN. The van der Waals surface area contributed by atoms with Crippen LogP contribution >= 0.6 is 11.3 Å². The van der Waals surface area contributed by atoms with E-state index in [2.05, 4.69) is 4.98 Å². The van der Waals surface area contributed by atoms with Crippen molar-refractivity contribution in [1.29, 1.82) is 0 Å². The maximum Gasteiger partial charge on any atom is 0.265 e. The van der Waals surface area contributed by atoms with E-state index < -0.39 is 0 Å². The van der Waals surface area contributed by atoms with Crippen molar-refractivity contribution in [2.45, 2.75) is 20.8 Å². The monoisotopic (exact) mass is 335 g/mol. The quantitative estimate of drug-likeness (QED) is 0.912. The average Bonchev–Trinajstić information content (AvgIpc) is 2.88. The van der Waals surface area contributed by atoms with Crippen LogP contribution in [0.3, 0.4) is 0 Å². The van der Waals surface area contributed by atoms with Gasteiger partial charge in [-0.3, -0.25) is 4.79 Å². The lowest BCUT2D eigenvalue weighted by atomic mass is 9.93. The highest BCUT2D eigenvalue weighted by molar-refractivity contribution is 7.17. The number of hydrogen-bond acceptors (Lipinski definition) is 4. The lowest BCUT2D eigenvalue weighted by Crippen LogP contribution is -2.39. The lowest BCUT2D eigenvalue weighted by Gasteiger charge is -2.28. The number of aryl methyl sites for hydroxylation is 1. The molecule has 0 saturated carbocycles. The molecule has 2 aromatic rings. The van der Waals surface area contributed by atoms with Crippen LogP contribution in [0.1, 0.15) is 29.2 Å². The van der Waals surface area contributed by atoms with Gasteiger partial charge in [-0.1, -0.05) is 13.8 Å². The van der Waals surface area contributed by atoms with Crippen LogP contribution in [-0.4, -0.2) is 35.9 Å². The molecule has 0 aliphatic carbocycles. The minimum absolute atomic E-state index is 0.0603. The third kappa shape index (κ3) is 4.14. The minimum atomic E-state index is -0.290. The summed E-state index contributed by atoms with van der Waals surface area (Å²) in [6.07, 6.45) is 0. The van der Waals surface area contributed by atoms with Crippen LogP contribution in [0.25, 0.3) is 10.6 Å². The van der Waals surface area contributed by atoms with E-state index in [0.29, 0.717) is 23.7 Å². The van der Waals surface area contributed by atoms with E-state index >= 15 is 0 Å². The van der Waals surface area contributed by atoms with Gasteiger partial charge in [0.15, 0.2) is 0 Å². The standard InChI is InChI=1S/C17H22FN3OS/c1-11-14(16(22)21(4)10-17(2,3)9-19)23-15(20-11)12-5-7-13(18)8-6-12/h5-8H,9-10,19H2,1-4H3. The normalized spacial score (nSPS) is 11.6. The van der Waals surface area contributed by atoms with Crippen LogP contribution < -0.4 is 5.73 Å². The molecule has 1 aromatic heterocycles. The van der Waals surface area contributed by atoms with Crippen LogP contribution in [0, 0.1) is 18.2 Å². The van der Waals surface area contributed by atoms with Gasteiger partial charge in [0.05, 0.1) is 5.69 Å². The second-order valence-electron chi connectivity index (χ2n) is 6.47. The predicted octanol–water partition coefficient (Wildman–Crippen LogP) is 3.31. The molecule has 1 heterocycles. The van der Waals surface area contributed by atoms with Crippen molar-refractivity contribution in [3.8, 4) is 10.6 Å². The van der Waals surface area contributed by atoms with Crippen molar-refractivity contribution in [3.05, 3.63) is 40.7 Å². The second kappa shape index (κ2) is 6.76. The molecule has 1 amide bonds. The van der Waals surface area contributed by atoms with E-state index in [9.17, 15) is 9.18 Å². The Morgan fingerprint density at radius 1 is 1.35 bits per heavy atom. The predicted molar refractivity (Wildman–Crippen MR) is 92.0 cm³/mol. The molecule has 0 aliphatic heterocycles. The number of nitrogens with zero attached hydrogens (tertiary/aromatic N) is 2. The average molecular weight is 335 g/mol. The van der Waals surface area contributed by atoms with Gasteiger partial charge in [0.2, 0.25) is 0 Å². The summed E-state index contributed by atoms with van der Waals surface area (Å²) in [6, 6.07) is 6.12. The lowest BCUT2D eigenvalue weighted by molar-refractivity contribution is 0.0744. The molecule has 2 N–H and O–H groups in total. The molecule has 0 bridgehead atoms. The molecule has 6 heteroatoms. The summed E-state index contributed by atoms with van der Waals surface area (Å²) in [5, 5.41) is 0.720. The molecule has 0 unspecified atom stereocenters. The number of amides is 1. The van der Waals surface area contributed by atoms with Crippen molar-refractivity contribution in [2.24, 2.45) is 11.1 Å². The van der Waals surface area contributed by atoms with Gasteiger partial charge in [-0.25, -0.2) is 9.37 Å². The van der Waals surface area contributed by atoms with Crippen LogP contribution in [0.4, 0.5) is 4.39 Å². The fourth-order valence-corrected chi connectivity index (χ4v) is 3.33. The van der Waals surface area contributed by atoms with Gasteiger partial charge in [0.1, 0.15) is 15.7 Å². The van der Waals surface area contributed by atoms with Gasteiger partial charge >= 0.3 is 0 Å². The van der Waals surface area contributed by atoms with E-state index in [-0.39, 0.29) is 17.1 Å². The number of thiazole rings is 1. The fraction of sp³-hybridized carbons (Fsp3) is 0.412. The summed E-state index contributed by atoms with van der Waals surface area (Å²) in [6.45, 7) is 6.96. The molecular formula is C17H22FN3OS. The number of carbonyl (C=O) groups is 1. The highest BCUT2D eigenvalue weighted by Crippen LogP contribution is 2.29. The number of rotatable bonds is 5. The smallest absolute Gasteiger partial charge is 0.265 e. The fourth-order valence-electron chi connectivity index (χ4n) is 2.26. The summed E-state index contributed by atoms with van der Waals surface area (Å²) in [4.78, 5) is 19.4. The van der Waals surface area contributed by atoms with E-state index in [0.717, 1.165) is 10.6 Å². The van der Waals surface area contributed by atoms with Gasteiger partial charge in [0.25, 0.3) is 5.91 Å². The van der Waals surface area contributed by atoms with Crippen molar-refractivity contribution in [3.63, 3.8) is 0 Å². The third-order valence-electron chi connectivity index (χ3n) is 3.65. The number of carbonyl (C=O) groups excluding carboxylic acids is 1.